The van der Waals surface area contributed by atoms with E-state index in [0.29, 0.717) is 0 Å². The number of likely N-dealkylation sites (tertiary alicyclic amines) is 1. The monoisotopic (exact) mass is 282 g/mol. The fourth-order valence-corrected chi connectivity index (χ4v) is 3.19. The minimum absolute atomic E-state index is 0.782. The van der Waals surface area contributed by atoms with Gasteiger partial charge in [-0.15, -0.1) is 0 Å². The largest absolute Gasteiger partial charge is 0.316 e. The lowest BCUT2D eigenvalue weighted by Gasteiger charge is -2.19. The van der Waals surface area contributed by atoms with E-state index in [9.17, 15) is 0 Å². The molecule has 120 valence electrons. The molecule has 0 aromatic carbocycles. The molecule has 1 heterocycles. The predicted molar refractivity (Wildman–Crippen MR) is 90.2 cm³/mol. The lowest BCUT2D eigenvalue weighted by molar-refractivity contribution is 0.273. The van der Waals surface area contributed by atoms with Crippen molar-refractivity contribution in [2.45, 2.75) is 72.1 Å². The zero-order chi connectivity index (χ0) is 14.6. The number of nitrogens with zero attached hydrogens (tertiary/aromatic N) is 1. The van der Waals surface area contributed by atoms with Gasteiger partial charge in [-0.1, -0.05) is 40.0 Å². The van der Waals surface area contributed by atoms with E-state index < -0.39 is 0 Å². The number of nitrogens with one attached hydrogen (secondary N) is 1. The molecule has 0 bridgehead atoms. The maximum Gasteiger partial charge on any atom is -0.00161 e. The topological polar surface area (TPSA) is 15.3 Å². The molecule has 0 aromatic heterocycles. The second kappa shape index (κ2) is 11.6. The lowest BCUT2D eigenvalue weighted by Crippen LogP contribution is -2.26. The van der Waals surface area contributed by atoms with Crippen molar-refractivity contribution in [2.24, 2.45) is 11.8 Å². The fourth-order valence-electron chi connectivity index (χ4n) is 3.19. The average Bonchev–Trinajstić information content (AvgIpc) is 2.66. The lowest BCUT2D eigenvalue weighted by atomic mass is 9.98. The van der Waals surface area contributed by atoms with Gasteiger partial charge in [-0.05, 0) is 76.7 Å². The standard InChI is InChI=1S/C18H38N2/c1-4-18-10-9-14-20(15-11-18)13-8-6-5-7-12-19-16-17(2)3/h17-19H,4-16H2,1-3H3. The zero-order valence-electron chi connectivity index (χ0n) is 14.3. The van der Waals surface area contributed by atoms with Gasteiger partial charge in [-0.25, -0.2) is 0 Å². The van der Waals surface area contributed by atoms with Gasteiger partial charge < -0.3 is 10.2 Å². The first-order valence-corrected chi connectivity index (χ1v) is 9.15. The molecule has 2 nitrogen and oxygen atoms in total. The summed E-state index contributed by atoms with van der Waals surface area (Å²) in [7, 11) is 0. The first-order chi connectivity index (χ1) is 9.72. The Kier molecular flexibility index (Phi) is 10.4. The van der Waals surface area contributed by atoms with Crippen molar-refractivity contribution in [3.63, 3.8) is 0 Å². The third-order valence-corrected chi connectivity index (χ3v) is 4.65. The third-order valence-electron chi connectivity index (χ3n) is 4.65. The van der Waals surface area contributed by atoms with Crippen LogP contribution < -0.4 is 5.32 Å². The van der Waals surface area contributed by atoms with Crippen molar-refractivity contribution < 1.29 is 0 Å². The van der Waals surface area contributed by atoms with Gasteiger partial charge in [0.2, 0.25) is 0 Å². The molecule has 1 aliphatic heterocycles. The Bertz CT molecular complexity index is 215. The molecule has 1 rings (SSSR count). The molecule has 2 heteroatoms. The smallest absolute Gasteiger partial charge is 0.00161 e. The number of hydrogen-bond donors (Lipinski definition) is 1. The van der Waals surface area contributed by atoms with Crippen LogP contribution in [0, 0.1) is 11.8 Å². The highest BCUT2D eigenvalue weighted by molar-refractivity contribution is 4.69. The van der Waals surface area contributed by atoms with Gasteiger partial charge in [0.05, 0.1) is 0 Å². The maximum absolute atomic E-state index is 3.53. The van der Waals surface area contributed by atoms with E-state index in [4.69, 9.17) is 0 Å². The minimum Gasteiger partial charge on any atom is -0.316 e. The molecule has 0 aliphatic carbocycles. The molecule has 0 amide bonds. The van der Waals surface area contributed by atoms with E-state index in [-0.39, 0.29) is 0 Å². The molecule has 1 fully saturated rings. The van der Waals surface area contributed by atoms with Gasteiger partial charge >= 0.3 is 0 Å². The van der Waals surface area contributed by atoms with E-state index in [1.165, 1.54) is 84.1 Å². The molecule has 1 aliphatic rings. The summed E-state index contributed by atoms with van der Waals surface area (Å²) in [6.45, 7) is 13.3. The van der Waals surface area contributed by atoms with Crippen LogP contribution in [0.3, 0.4) is 0 Å². The molecule has 1 saturated heterocycles. The van der Waals surface area contributed by atoms with Gasteiger partial charge in [0, 0.05) is 0 Å². The van der Waals surface area contributed by atoms with E-state index in [2.05, 4.69) is 31.0 Å². The van der Waals surface area contributed by atoms with Crippen LogP contribution in [-0.2, 0) is 0 Å². The van der Waals surface area contributed by atoms with Gasteiger partial charge in [0.15, 0.2) is 0 Å². The van der Waals surface area contributed by atoms with Crippen LogP contribution >= 0.6 is 0 Å². The normalized spacial score (nSPS) is 21.3. The fraction of sp³-hybridized carbons (Fsp3) is 1.00. The maximum atomic E-state index is 3.53. The average molecular weight is 283 g/mol. The Morgan fingerprint density at radius 1 is 1.05 bits per heavy atom. The Morgan fingerprint density at radius 3 is 2.60 bits per heavy atom. The van der Waals surface area contributed by atoms with E-state index >= 15 is 0 Å². The van der Waals surface area contributed by atoms with Crippen LogP contribution in [0.25, 0.3) is 0 Å². The molecule has 20 heavy (non-hydrogen) atoms. The molecular formula is C18H38N2. The highest BCUT2D eigenvalue weighted by atomic mass is 15.1. The molecule has 1 N–H and O–H groups in total. The van der Waals surface area contributed by atoms with Crippen LogP contribution in [0.15, 0.2) is 0 Å². The zero-order valence-corrected chi connectivity index (χ0v) is 14.3. The van der Waals surface area contributed by atoms with Crippen molar-refractivity contribution >= 4 is 0 Å². The summed E-state index contributed by atoms with van der Waals surface area (Å²) in [5, 5.41) is 3.53. The van der Waals surface area contributed by atoms with Crippen molar-refractivity contribution in [1.29, 1.82) is 0 Å². The molecule has 0 radical (unpaired) electrons. The van der Waals surface area contributed by atoms with Crippen molar-refractivity contribution in [1.82, 2.24) is 10.2 Å². The number of rotatable bonds is 10. The predicted octanol–water partition coefficient (Wildman–Crippen LogP) is 4.30. The number of hydrogen-bond acceptors (Lipinski definition) is 2. The van der Waals surface area contributed by atoms with Crippen LogP contribution in [0.4, 0.5) is 0 Å². The Morgan fingerprint density at radius 2 is 1.85 bits per heavy atom. The SMILES string of the molecule is CCC1CCCN(CCCCCCNCC(C)C)CC1. The molecule has 1 atom stereocenters. The van der Waals surface area contributed by atoms with Crippen LogP contribution in [0.1, 0.15) is 72.1 Å². The van der Waals surface area contributed by atoms with Crippen molar-refractivity contribution in [3.05, 3.63) is 0 Å². The highest BCUT2D eigenvalue weighted by Gasteiger charge is 2.14. The summed E-state index contributed by atoms with van der Waals surface area (Å²) in [5.74, 6) is 1.79. The van der Waals surface area contributed by atoms with E-state index in [0.717, 1.165) is 11.8 Å². The van der Waals surface area contributed by atoms with Crippen molar-refractivity contribution in [2.75, 3.05) is 32.7 Å². The second-order valence-electron chi connectivity index (χ2n) is 7.06. The van der Waals surface area contributed by atoms with Gasteiger partial charge in [0.25, 0.3) is 0 Å². The summed E-state index contributed by atoms with van der Waals surface area (Å²) in [4.78, 5) is 2.71. The molecule has 0 aromatic rings. The van der Waals surface area contributed by atoms with Gasteiger partial charge in [0.1, 0.15) is 0 Å². The van der Waals surface area contributed by atoms with Crippen LogP contribution in [-0.4, -0.2) is 37.6 Å². The molecular weight excluding hydrogens is 244 g/mol. The van der Waals surface area contributed by atoms with Gasteiger partial charge in [-0.2, -0.15) is 0 Å². The second-order valence-corrected chi connectivity index (χ2v) is 7.06. The Hall–Kier alpha value is -0.0800. The highest BCUT2D eigenvalue weighted by Crippen LogP contribution is 2.20. The van der Waals surface area contributed by atoms with Crippen LogP contribution in [0.2, 0.25) is 0 Å². The molecule has 1 unspecified atom stereocenters. The number of unbranched alkanes of at least 4 members (excludes halogenated alkanes) is 3. The summed E-state index contributed by atoms with van der Waals surface area (Å²) in [6.07, 6.45) is 11.3. The molecule has 0 spiro atoms. The van der Waals surface area contributed by atoms with Crippen LogP contribution in [0.5, 0.6) is 0 Å². The van der Waals surface area contributed by atoms with E-state index in [1.54, 1.807) is 0 Å². The molecule has 0 saturated carbocycles. The summed E-state index contributed by atoms with van der Waals surface area (Å²) >= 11 is 0. The third kappa shape index (κ3) is 8.97. The van der Waals surface area contributed by atoms with Crippen molar-refractivity contribution in [3.8, 4) is 0 Å². The van der Waals surface area contributed by atoms with Gasteiger partial charge in [-0.3, -0.25) is 0 Å². The summed E-state index contributed by atoms with van der Waals surface area (Å²) in [6, 6.07) is 0. The summed E-state index contributed by atoms with van der Waals surface area (Å²) < 4.78 is 0. The van der Waals surface area contributed by atoms with E-state index in [1.807, 2.05) is 0 Å². The summed E-state index contributed by atoms with van der Waals surface area (Å²) in [5.41, 5.74) is 0. The Labute approximate surface area is 127 Å². The first kappa shape index (κ1) is 18.0. The first-order valence-electron chi connectivity index (χ1n) is 9.15. The quantitative estimate of drug-likeness (QED) is 0.601. The minimum atomic E-state index is 0.782. The Balaban J connectivity index is 1.91.